The molecule has 38 heavy (non-hydrogen) atoms. The number of para-hydroxylation sites is 1. The molecule has 0 bridgehead atoms. The Hall–Kier alpha value is -3.58. The van der Waals surface area contributed by atoms with Crippen LogP contribution in [0.15, 0.2) is 30.5 Å². The van der Waals surface area contributed by atoms with Crippen LogP contribution in [0.2, 0.25) is 0 Å². The molecule has 4 unspecified atom stereocenters. The van der Waals surface area contributed by atoms with Crippen molar-refractivity contribution < 1.29 is 29.1 Å². The number of thioether (sulfide) groups is 1. The Kier molecular flexibility index (Phi) is 11.6. The van der Waals surface area contributed by atoms with Gasteiger partial charge in [0, 0.05) is 23.5 Å². The minimum atomic E-state index is -1.54. The van der Waals surface area contributed by atoms with E-state index in [2.05, 4.69) is 20.9 Å². The number of nitrogens with one attached hydrogen (secondary N) is 4. The lowest BCUT2D eigenvalue weighted by Crippen LogP contribution is -2.58. The summed E-state index contributed by atoms with van der Waals surface area (Å²) >= 11 is 1.43. The third-order valence-corrected chi connectivity index (χ3v) is 6.66. The van der Waals surface area contributed by atoms with E-state index < -0.39 is 60.2 Å². The Morgan fingerprint density at radius 2 is 1.58 bits per heavy atom. The van der Waals surface area contributed by atoms with Gasteiger partial charge in [-0.1, -0.05) is 32.0 Å². The number of aliphatic carboxylic acids is 1. The first-order chi connectivity index (χ1) is 17.9. The number of carboxylic acid groups (broad SMARTS) is 1. The van der Waals surface area contributed by atoms with Crippen molar-refractivity contribution in [3.8, 4) is 0 Å². The number of carbonyl (C=O) groups is 5. The van der Waals surface area contributed by atoms with Crippen molar-refractivity contribution in [1.29, 1.82) is 0 Å². The Morgan fingerprint density at radius 3 is 2.18 bits per heavy atom. The Bertz CT molecular complexity index is 1150. The fraction of sp³-hybridized carbons (Fsp3) is 0.480. The minimum Gasteiger partial charge on any atom is -0.480 e. The van der Waals surface area contributed by atoms with Gasteiger partial charge in [-0.15, -0.1) is 0 Å². The maximum absolute atomic E-state index is 13.5. The zero-order valence-electron chi connectivity index (χ0n) is 21.7. The lowest BCUT2D eigenvalue weighted by molar-refractivity contribution is -0.143. The van der Waals surface area contributed by atoms with Gasteiger partial charge in [0.15, 0.2) is 0 Å². The number of aromatic nitrogens is 1. The molecule has 12 nitrogen and oxygen atoms in total. The number of aromatic amines is 1. The van der Waals surface area contributed by atoms with Gasteiger partial charge < -0.3 is 37.5 Å². The first-order valence-corrected chi connectivity index (χ1v) is 13.6. The van der Waals surface area contributed by atoms with Crippen LogP contribution < -0.4 is 27.4 Å². The molecular weight excluding hydrogens is 512 g/mol. The molecule has 9 N–H and O–H groups in total. The molecule has 1 aromatic carbocycles. The first-order valence-electron chi connectivity index (χ1n) is 12.2. The zero-order chi connectivity index (χ0) is 28.4. The van der Waals surface area contributed by atoms with E-state index in [-0.39, 0.29) is 18.8 Å². The summed E-state index contributed by atoms with van der Waals surface area (Å²) in [6, 6.07) is 2.91. The molecule has 0 saturated carbocycles. The fourth-order valence-corrected chi connectivity index (χ4v) is 4.22. The topological polar surface area (TPSA) is 210 Å². The molecule has 2 aromatic rings. The predicted octanol–water partition coefficient (Wildman–Crippen LogP) is -0.139. The van der Waals surface area contributed by atoms with E-state index in [0.717, 1.165) is 16.5 Å². The van der Waals surface area contributed by atoms with Crippen LogP contribution in [0, 0.1) is 5.92 Å². The highest BCUT2D eigenvalue weighted by Crippen LogP contribution is 2.19. The maximum Gasteiger partial charge on any atom is 0.326 e. The standard InChI is InChI=1S/C25H36N6O6S/c1-13(2)21(27)24(35)30-18(10-14-12-28-16-7-5-4-6-15(14)16)23(34)29-17(8-9-38-3)22(33)31-19(25(36)37)11-20(26)32/h4-7,12-13,17-19,21,28H,8-11,27H2,1-3H3,(H2,26,32)(H,29,34)(H,30,35)(H,31,33)(H,36,37). The number of carboxylic acids is 1. The van der Waals surface area contributed by atoms with Crippen LogP contribution in [0.5, 0.6) is 0 Å². The normalized spacial score (nSPS) is 14.3. The van der Waals surface area contributed by atoms with Crippen LogP contribution in [0.1, 0.15) is 32.3 Å². The summed E-state index contributed by atoms with van der Waals surface area (Å²) in [5.41, 5.74) is 12.7. The highest BCUT2D eigenvalue weighted by Gasteiger charge is 2.31. The van der Waals surface area contributed by atoms with Gasteiger partial charge in [0.25, 0.3) is 0 Å². The van der Waals surface area contributed by atoms with Gasteiger partial charge >= 0.3 is 5.97 Å². The zero-order valence-corrected chi connectivity index (χ0v) is 22.5. The summed E-state index contributed by atoms with van der Waals surface area (Å²) < 4.78 is 0. The number of nitrogens with two attached hydrogens (primary N) is 2. The van der Waals surface area contributed by atoms with Crippen molar-refractivity contribution >= 4 is 52.3 Å². The van der Waals surface area contributed by atoms with Crippen LogP contribution in [-0.4, -0.2) is 75.9 Å². The number of amides is 4. The van der Waals surface area contributed by atoms with Crippen LogP contribution in [0.25, 0.3) is 10.9 Å². The highest BCUT2D eigenvalue weighted by molar-refractivity contribution is 7.98. The molecule has 208 valence electrons. The number of rotatable bonds is 15. The van der Waals surface area contributed by atoms with E-state index >= 15 is 0 Å². The summed E-state index contributed by atoms with van der Waals surface area (Å²) in [6.07, 6.45) is 3.26. The molecule has 1 heterocycles. The molecule has 4 amide bonds. The van der Waals surface area contributed by atoms with Crippen LogP contribution in [0.4, 0.5) is 0 Å². The van der Waals surface area contributed by atoms with Crippen LogP contribution in [0.3, 0.4) is 0 Å². The molecule has 0 fully saturated rings. The van der Waals surface area contributed by atoms with Gasteiger partial charge in [0.05, 0.1) is 12.5 Å². The van der Waals surface area contributed by atoms with Crippen molar-refractivity contribution in [2.24, 2.45) is 17.4 Å². The second-order valence-corrected chi connectivity index (χ2v) is 10.3. The molecule has 0 aliphatic rings. The van der Waals surface area contributed by atoms with Crippen molar-refractivity contribution in [2.45, 2.75) is 57.3 Å². The first kappa shape index (κ1) is 30.6. The molecule has 1 aromatic heterocycles. The van der Waals surface area contributed by atoms with Crippen molar-refractivity contribution in [3.63, 3.8) is 0 Å². The van der Waals surface area contributed by atoms with Gasteiger partial charge in [0.2, 0.25) is 23.6 Å². The lowest BCUT2D eigenvalue weighted by atomic mass is 10.0. The molecular formula is C25H36N6O6S. The molecule has 4 atom stereocenters. The number of fused-ring (bicyclic) bond motifs is 1. The third kappa shape index (κ3) is 8.77. The molecule has 0 aliphatic heterocycles. The molecule has 0 radical (unpaired) electrons. The van der Waals surface area contributed by atoms with Crippen molar-refractivity contribution in [3.05, 3.63) is 36.0 Å². The number of benzene rings is 1. The minimum absolute atomic E-state index is 0.114. The van der Waals surface area contributed by atoms with Gasteiger partial charge in [0.1, 0.15) is 18.1 Å². The SMILES string of the molecule is CSCCC(NC(=O)C(Cc1c[nH]c2ccccc12)NC(=O)C(N)C(C)C)C(=O)NC(CC(N)=O)C(=O)O. The Morgan fingerprint density at radius 1 is 0.974 bits per heavy atom. The Balaban J connectivity index is 2.29. The quantitative estimate of drug-likeness (QED) is 0.159. The number of H-pyrrole nitrogens is 1. The summed E-state index contributed by atoms with van der Waals surface area (Å²) in [7, 11) is 0. The summed E-state index contributed by atoms with van der Waals surface area (Å²) in [5, 5.41) is 17.8. The number of carbonyl (C=O) groups excluding carboxylic acids is 4. The number of hydrogen-bond acceptors (Lipinski definition) is 7. The summed E-state index contributed by atoms with van der Waals surface area (Å²) in [4.78, 5) is 65.1. The summed E-state index contributed by atoms with van der Waals surface area (Å²) in [5.74, 6) is -3.96. The van der Waals surface area contributed by atoms with E-state index in [1.807, 2.05) is 30.5 Å². The number of primary amides is 1. The van der Waals surface area contributed by atoms with Gasteiger partial charge in [-0.3, -0.25) is 19.2 Å². The van der Waals surface area contributed by atoms with Gasteiger partial charge in [-0.2, -0.15) is 11.8 Å². The molecule has 0 aliphatic carbocycles. The van der Waals surface area contributed by atoms with E-state index in [9.17, 15) is 29.1 Å². The lowest BCUT2D eigenvalue weighted by Gasteiger charge is -2.25. The third-order valence-electron chi connectivity index (χ3n) is 6.02. The van der Waals surface area contributed by atoms with Crippen molar-refractivity contribution in [2.75, 3.05) is 12.0 Å². The molecule has 0 spiro atoms. The van der Waals surface area contributed by atoms with E-state index in [1.165, 1.54) is 11.8 Å². The van der Waals surface area contributed by atoms with Gasteiger partial charge in [-0.05, 0) is 36.0 Å². The van der Waals surface area contributed by atoms with E-state index in [0.29, 0.717) is 5.75 Å². The number of hydrogen-bond donors (Lipinski definition) is 7. The largest absolute Gasteiger partial charge is 0.480 e. The highest BCUT2D eigenvalue weighted by atomic mass is 32.2. The van der Waals surface area contributed by atoms with Crippen LogP contribution >= 0.6 is 11.8 Å². The van der Waals surface area contributed by atoms with Gasteiger partial charge in [-0.25, -0.2) is 4.79 Å². The van der Waals surface area contributed by atoms with E-state index in [1.54, 1.807) is 20.0 Å². The smallest absolute Gasteiger partial charge is 0.326 e. The fourth-order valence-electron chi connectivity index (χ4n) is 3.75. The van der Waals surface area contributed by atoms with Crippen molar-refractivity contribution in [1.82, 2.24) is 20.9 Å². The molecule has 13 heteroatoms. The monoisotopic (exact) mass is 548 g/mol. The predicted molar refractivity (Wildman–Crippen MR) is 145 cm³/mol. The van der Waals surface area contributed by atoms with Crippen LogP contribution in [-0.2, 0) is 30.4 Å². The average molecular weight is 549 g/mol. The average Bonchev–Trinajstić information content (AvgIpc) is 3.27. The second-order valence-electron chi connectivity index (χ2n) is 9.31. The Labute approximate surface area is 225 Å². The maximum atomic E-state index is 13.5. The molecule has 0 saturated heterocycles. The summed E-state index contributed by atoms with van der Waals surface area (Å²) in [6.45, 7) is 3.57. The molecule has 2 rings (SSSR count). The van der Waals surface area contributed by atoms with E-state index in [4.69, 9.17) is 11.5 Å². The second kappa shape index (κ2) is 14.4.